The van der Waals surface area contributed by atoms with Gasteiger partial charge >= 0.3 is 14.5 Å². The van der Waals surface area contributed by atoms with Gasteiger partial charge in [-0.3, -0.25) is 4.79 Å². The summed E-state index contributed by atoms with van der Waals surface area (Å²) < 4.78 is 42.7. The van der Waals surface area contributed by atoms with Crippen LogP contribution in [0.25, 0.3) is 0 Å². The van der Waals surface area contributed by atoms with E-state index in [0.717, 1.165) is 0 Å². The lowest BCUT2D eigenvalue weighted by atomic mass is 9.84. The Kier molecular flexibility index (Phi) is 11.5. The molecule has 50 heavy (non-hydrogen) atoms. The molecule has 0 radical (unpaired) electrons. The van der Waals surface area contributed by atoms with Crippen molar-refractivity contribution in [2.24, 2.45) is 0 Å². The summed E-state index contributed by atoms with van der Waals surface area (Å²) in [6, 6.07) is 21.4. The first-order chi connectivity index (χ1) is 22.8. The van der Waals surface area contributed by atoms with Gasteiger partial charge in [0.2, 0.25) is 0 Å². The molecule has 2 aromatic rings. The van der Waals surface area contributed by atoms with E-state index >= 15 is 0 Å². The predicted molar refractivity (Wildman–Crippen MR) is 210 cm³/mol. The molecule has 0 saturated carbocycles. The van der Waals surface area contributed by atoms with Crippen LogP contribution < -0.4 is 10.4 Å². The first-order valence-corrected chi connectivity index (χ1v) is 24.9. The molecule has 5 atom stereocenters. The molecular weight excluding hydrogens is 677 g/mol. The highest BCUT2D eigenvalue weighted by molar-refractivity contribution is 6.99. The van der Waals surface area contributed by atoms with Crippen LogP contribution in [0.4, 0.5) is 0 Å². The van der Waals surface area contributed by atoms with Crippen LogP contribution in [0.1, 0.15) is 96.4 Å². The molecule has 280 valence electrons. The van der Waals surface area contributed by atoms with E-state index in [9.17, 15) is 4.79 Å². The van der Waals surface area contributed by atoms with Crippen molar-refractivity contribution in [1.29, 1.82) is 0 Å². The number of rotatable bonds is 8. The molecule has 2 aliphatic heterocycles. The molecule has 2 heterocycles. The van der Waals surface area contributed by atoms with Crippen molar-refractivity contribution >= 4 is 41.5 Å². The molecule has 2 aromatic carbocycles. The number of ether oxygens (including phenoxy) is 2. The van der Waals surface area contributed by atoms with E-state index in [1.54, 1.807) is 0 Å². The van der Waals surface area contributed by atoms with Crippen LogP contribution in [0, 0.1) is 0 Å². The highest BCUT2D eigenvalue weighted by atomic mass is 28.4. The van der Waals surface area contributed by atoms with E-state index in [1.165, 1.54) is 17.5 Å². The van der Waals surface area contributed by atoms with E-state index in [0.29, 0.717) is 6.61 Å². The number of benzene rings is 2. The lowest BCUT2D eigenvalue weighted by Gasteiger charge is -2.62. The van der Waals surface area contributed by atoms with Gasteiger partial charge in [0.15, 0.2) is 8.32 Å². The number of hydrogen-bond donors (Lipinski definition) is 0. The Labute approximate surface area is 306 Å². The van der Waals surface area contributed by atoms with Gasteiger partial charge in [-0.2, -0.15) is 0 Å². The molecular formula is C40H66O7Si3. The average Bonchev–Trinajstić information content (AvgIpc) is 2.99. The van der Waals surface area contributed by atoms with E-state index in [4.69, 9.17) is 27.2 Å². The van der Waals surface area contributed by atoms with Gasteiger partial charge in [0.05, 0.1) is 20.1 Å². The average molecular weight is 743 g/mol. The monoisotopic (exact) mass is 742 g/mol. The number of fused-ring (bicyclic) bond motifs is 1. The third-order valence-electron chi connectivity index (χ3n) is 11.4. The fourth-order valence-electron chi connectivity index (χ4n) is 8.03. The predicted octanol–water partition coefficient (Wildman–Crippen LogP) is 8.50. The molecule has 0 amide bonds. The molecule has 0 bridgehead atoms. The second-order valence-electron chi connectivity index (χ2n) is 19.3. The lowest BCUT2D eigenvalue weighted by Crippen LogP contribution is -2.78. The maximum absolute atomic E-state index is 13.3. The summed E-state index contributed by atoms with van der Waals surface area (Å²) >= 11 is 0. The van der Waals surface area contributed by atoms with Gasteiger partial charge in [0.25, 0.3) is 8.32 Å². The Morgan fingerprint density at radius 1 is 0.800 bits per heavy atom. The Morgan fingerprint density at radius 2 is 1.28 bits per heavy atom. The molecule has 7 nitrogen and oxygen atoms in total. The molecule has 0 spiro atoms. The first-order valence-electron chi connectivity index (χ1n) is 18.3. The van der Waals surface area contributed by atoms with Crippen molar-refractivity contribution in [2.75, 3.05) is 13.7 Å². The van der Waals surface area contributed by atoms with Gasteiger partial charge < -0.3 is 27.2 Å². The van der Waals surface area contributed by atoms with Gasteiger partial charge in [0, 0.05) is 10.1 Å². The Hall–Kier alpha value is -1.64. The summed E-state index contributed by atoms with van der Waals surface area (Å²) in [5.74, 6) is -0.357. The van der Waals surface area contributed by atoms with Crippen LogP contribution in [0.5, 0.6) is 0 Å². The zero-order chi connectivity index (χ0) is 37.8. The molecule has 0 aromatic heterocycles. The maximum Gasteiger partial charge on any atom is 0.349 e. The van der Waals surface area contributed by atoms with Crippen molar-refractivity contribution < 1.29 is 32.0 Å². The minimum atomic E-state index is -3.17. The number of carbonyl (C=O) groups is 1. The first kappa shape index (κ1) is 41.1. The summed E-state index contributed by atoms with van der Waals surface area (Å²) in [5, 5.41) is 1.39. The van der Waals surface area contributed by atoms with Crippen LogP contribution in [0.2, 0.25) is 33.2 Å². The minimum absolute atomic E-state index is 0.00767. The second-order valence-corrected chi connectivity index (χ2v) is 33.0. The molecule has 2 saturated heterocycles. The normalized spacial score (nSPS) is 26.6. The molecule has 10 heteroatoms. The number of carbonyl (C=O) groups excluding carboxylic acids is 1. The van der Waals surface area contributed by atoms with E-state index in [2.05, 4.69) is 157 Å². The van der Waals surface area contributed by atoms with E-state index < -0.39 is 55.2 Å². The van der Waals surface area contributed by atoms with Gasteiger partial charge in [-0.05, 0) is 40.5 Å². The Bertz CT molecular complexity index is 1400. The topological polar surface area (TPSA) is 72.5 Å². The molecule has 0 unspecified atom stereocenters. The third-order valence-corrected chi connectivity index (χ3v) is 26.0. The number of methoxy groups -OCH3 is 1. The molecule has 0 aliphatic carbocycles. The molecule has 0 N–H and O–H groups in total. The smallest absolute Gasteiger partial charge is 0.349 e. The van der Waals surface area contributed by atoms with Crippen LogP contribution in [-0.2, 0) is 32.0 Å². The summed E-state index contributed by atoms with van der Waals surface area (Å²) in [5.41, 5.74) is -1.09. The van der Waals surface area contributed by atoms with Crippen molar-refractivity contribution in [3.05, 3.63) is 60.7 Å². The fraction of sp³-hybridized carbons (Fsp3) is 0.675. The SMILES string of the molecule is COC(=O)C[C@]1(C)O[C@@H]2CO[Si](C(C)(C)C)(C(C)(C)C)O[C@H]2[C@H](O[Si](c2ccccc2)(c2ccccc2)C(C)(C)C)[C@H]1O[Si](C)(C)C(C)(C)C. The quantitative estimate of drug-likeness (QED) is 0.199. The van der Waals surface area contributed by atoms with Crippen LogP contribution >= 0.6 is 0 Å². The zero-order valence-corrected chi connectivity index (χ0v) is 36.9. The molecule has 4 rings (SSSR count). The molecule has 2 fully saturated rings. The van der Waals surface area contributed by atoms with Gasteiger partial charge in [-0.1, -0.05) is 144 Å². The van der Waals surface area contributed by atoms with Gasteiger partial charge in [-0.25, -0.2) is 0 Å². The Balaban J connectivity index is 2.09. The second kappa shape index (κ2) is 14.0. The summed E-state index contributed by atoms with van der Waals surface area (Å²) in [6.07, 6.45) is -2.22. The summed E-state index contributed by atoms with van der Waals surface area (Å²) in [6.45, 7) is 33.8. The van der Waals surface area contributed by atoms with Crippen LogP contribution in [-0.4, -0.2) is 74.9 Å². The van der Waals surface area contributed by atoms with Gasteiger partial charge in [-0.15, -0.1) is 0 Å². The Morgan fingerprint density at radius 3 is 1.68 bits per heavy atom. The third kappa shape index (κ3) is 7.42. The van der Waals surface area contributed by atoms with Crippen molar-refractivity contribution in [3.63, 3.8) is 0 Å². The van der Waals surface area contributed by atoms with Crippen molar-refractivity contribution in [1.82, 2.24) is 0 Å². The fourth-order valence-corrected chi connectivity index (χ4v) is 19.0. The van der Waals surface area contributed by atoms with E-state index in [-0.39, 0.29) is 32.5 Å². The van der Waals surface area contributed by atoms with E-state index in [1.807, 2.05) is 6.92 Å². The van der Waals surface area contributed by atoms with Gasteiger partial charge in [0.1, 0.15) is 30.0 Å². The highest BCUT2D eigenvalue weighted by Gasteiger charge is 2.68. The van der Waals surface area contributed by atoms with Crippen LogP contribution in [0.15, 0.2) is 60.7 Å². The van der Waals surface area contributed by atoms with Crippen molar-refractivity contribution in [2.45, 2.75) is 160 Å². The summed E-state index contributed by atoms with van der Waals surface area (Å²) in [7, 11) is -7.25. The minimum Gasteiger partial charge on any atom is -0.469 e. The zero-order valence-electron chi connectivity index (χ0n) is 33.9. The maximum atomic E-state index is 13.3. The number of esters is 1. The number of hydrogen-bond acceptors (Lipinski definition) is 7. The standard InChI is InChI=1S/C40H66O7Si3/c1-36(2,3)48(15,16)47-35-34(45-49(37(4,5)6,29-23-19-17-20-24-29)30-25-21-18-22-26-30)33-31(44-40(35,13)27-32(41)42-14)28-43-50(46-33,38(7,8)9)39(10,11)12/h17-26,31,33-35H,27-28H2,1-16H3/t31-,33-,34+,35-,40+/m1/s1. The largest absolute Gasteiger partial charge is 0.469 e. The van der Waals surface area contributed by atoms with Crippen LogP contribution in [0.3, 0.4) is 0 Å². The van der Waals surface area contributed by atoms with Crippen molar-refractivity contribution in [3.8, 4) is 0 Å². The molecule has 2 aliphatic rings. The lowest BCUT2D eigenvalue weighted by molar-refractivity contribution is -0.273. The summed E-state index contributed by atoms with van der Waals surface area (Å²) in [4.78, 5) is 13.3. The highest BCUT2D eigenvalue weighted by Crippen LogP contribution is 2.57.